The maximum Gasteiger partial charge on any atom is 0.290 e. The van der Waals surface area contributed by atoms with Crippen LogP contribution in [0.5, 0.6) is 0 Å². The summed E-state index contributed by atoms with van der Waals surface area (Å²) in [5.74, 6) is 0.374. The minimum atomic E-state index is -0.189. The van der Waals surface area contributed by atoms with Crippen molar-refractivity contribution in [1.29, 1.82) is 0 Å². The lowest BCUT2D eigenvalue weighted by atomic mass is 9.67. The molecule has 1 aliphatic carbocycles. The van der Waals surface area contributed by atoms with Gasteiger partial charge < -0.3 is 10.3 Å². The first-order chi connectivity index (χ1) is 7.01. The van der Waals surface area contributed by atoms with Crippen molar-refractivity contribution in [2.45, 2.75) is 31.7 Å². The van der Waals surface area contributed by atoms with Gasteiger partial charge in [0.05, 0.1) is 0 Å². The van der Waals surface area contributed by atoms with Gasteiger partial charge in [-0.3, -0.25) is 4.79 Å². The zero-order chi connectivity index (χ0) is 11.1. The molecule has 0 saturated heterocycles. The van der Waals surface area contributed by atoms with Crippen LogP contribution in [0.25, 0.3) is 0 Å². The van der Waals surface area contributed by atoms with Gasteiger partial charge in [0, 0.05) is 29.2 Å². The Morgan fingerprint density at radius 1 is 1.67 bits per heavy atom. The largest absolute Gasteiger partial charge is 0.362 e. The van der Waals surface area contributed by atoms with Crippen molar-refractivity contribution in [3.8, 4) is 0 Å². The van der Waals surface area contributed by atoms with E-state index in [2.05, 4.69) is 29.1 Å². The SMILES string of the molecule is CC1(C)C(Cl)CC1Nc1ncc[nH]c1=O. The highest BCUT2D eigenvalue weighted by atomic mass is 35.5. The molecule has 82 valence electrons. The molecule has 1 aliphatic rings. The summed E-state index contributed by atoms with van der Waals surface area (Å²) in [6.07, 6.45) is 3.95. The molecule has 5 heteroatoms. The Bertz CT molecular complexity index is 415. The Labute approximate surface area is 93.1 Å². The fourth-order valence-electron chi connectivity index (χ4n) is 1.74. The molecule has 2 rings (SSSR count). The zero-order valence-corrected chi connectivity index (χ0v) is 9.51. The molecular formula is C10H14ClN3O. The van der Waals surface area contributed by atoms with E-state index in [0.717, 1.165) is 6.42 Å². The lowest BCUT2D eigenvalue weighted by Gasteiger charge is -2.49. The van der Waals surface area contributed by atoms with Gasteiger partial charge in [-0.25, -0.2) is 4.98 Å². The highest BCUT2D eigenvalue weighted by molar-refractivity contribution is 6.21. The number of aromatic nitrogens is 2. The topological polar surface area (TPSA) is 57.8 Å². The molecule has 2 N–H and O–H groups in total. The standard InChI is InChI=1S/C10H14ClN3O/c1-10(2)6(11)5-7(10)14-8-9(15)13-4-3-12-8/h3-4,6-7H,5H2,1-2H3,(H,12,14)(H,13,15). The van der Waals surface area contributed by atoms with Gasteiger partial charge in [0.25, 0.3) is 5.56 Å². The predicted octanol–water partition coefficient (Wildman–Crippen LogP) is 1.59. The van der Waals surface area contributed by atoms with Gasteiger partial charge in [-0.15, -0.1) is 11.6 Å². The van der Waals surface area contributed by atoms with E-state index in [1.54, 1.807) is 6.20 Å². The number of alkyl halides is 1. The number of hydrogen-bond acceptors (Lipinski definition) is 3. The van der Waals surface area contributed by atoms with Crippen LogP contribution in [0.4, 0.5) is 5.82 Å². The molecule has 1 aromatic heterocycles. The molecule has 2 unspecified atom stereocenters. The summed E-state index contributed by atoms with van der Waals surface area (Å²) in [6, 6.07) is 0.219. The van der Waals surface area contributed by atoms with E-state index < -0.39 is 0 Å². The number of hydrogen-bond donors (Lipinski definition) is 2. The van der Waals surface area contributed by atoms with Crippen molar-refractivity contribution >= 4 is 17.4 Å². The molecule has 0 amide bonds. The molecule has 15 heavy (non-hydrogen) atoms. The van der Waals surface area contributed by atoms with Crippen molar-refractivity contribution in [1.82, 2.24) is 9.97 Å². The monoisotopic (exact) mass is 227 g/mol. The van der Waals surface area contributed by atoms with Gasteiger partial charge >= 0.3 is 0 Å². The zero-order valence-electron chi connectivity index (χ0n) is 8.75. The average molecular weight is 228 g/mol. The quantitative estimate of drug-likeness (QED) is 0.755. The van der Waals surface area contributed by atoms with E-state index in [4.69, 9.17) is 11.6 Å². The first kappa shape index (κ1) is 10.5. The molecule has 0 spiro atoms. The van der Waals surface area contributed by atoms with Crippen molar-refractivity contribution < 1.29 is 0 Å². The number of nitrogens with zero attached hydrogens (tertiary/aromatic N) is 1. The third-order valence-corrected chi connectivity index (χ3v) is 3.91. The fourth-order valence-corrected chi connectivity index (χ4v) is 2.07. The molecule has 0 aromatic carbocycles. The lowest BCUT2D eigenvalue weighted by Crippen LogP contribution is -2.55. The van der Waals surface area contributed by atoms with Crippen LogP contribution in [0.1, 0.15) is 20.3 Å². The van der Waals surface area contributed by atoms with Crippen molar-refractivity contribution in [3.05, 3.63) is 22.7 Å². The van der Waals surface area contributed by atoms with Crippen LogP contribution in [0.15, 0.2) is 17.2 Å². The lowest BCUT2D eigenvalue weighted by molar-refractivity contribution is 0.168. The van der Waals surface area contributed by atoms with E-state index in [0.29, 0.717) is 5.82 Å². The fraction of sp³-hybridized carbons (Fsp3) is 0.600. The second kappa shape index (κ2) is 3.52. The van der Waals surface area contributed by atoms with E-state index >= 15 is 0 Å². The van der Waals surface area contributed by atoms with Crippen LogP contribution < -0.4 is 10.9 Å². The van der Waals surface area contributed by atoms with E-state index in [9.17, 15) is 4.79 Å². The van der Waals surface area contributed by atoms with Gasteiger partial charge in [-0.1, -0.05) is 13.8 Å². The number of H-pyrrole nitrogens is 1. The van der Waals surface area contributed by atoms with Crippen LogP contribution in [-0.4, -0.2) is 21.4 Å². The van der Waals surface area contributed by atoms with Crippen LogP contribution >= 0.6 is 11.6 Å². The van der Waals surface area contributed by atoms with E-state index in [-0.39, 0.29) is 22.4 Å². The maximum absolute atomic E-state index is 11.4. The number of aromatic amines is 1. The Hall–Kier alpha value is -1.03. The summed E-state index contributed by atoms with van der Waals surface area (Å²) in [6.45, 7) is 4.17. The number of anilines is 1. The Balaban J connectivity index is 2.12. The van der Waals surface area contributed by atoms with Crippen LogP contribution in [-0.2, 0) is 0 Å². The maximum atomic E-state index is 11.4. The summed E-state index contributed by atoms with van der Waals surface area (Å²) >= 11 is 6.10. The molecule has 1 fully saturated rings. The van der Waals surface area contributed by atoms with Gasteiger partial charge in [0.15, 0.2) is 5.82 Å². The molecule has 4 nitrogen and oxygen atoms in total. The van der Waals surface area contributed by atoms with Crippen molar-refractivity contribution in [3.63, 3.8) is 0 Å². The Morgan fingerprint density at radius 3 is 2.93 bits per heavy atom. The third kappa shape index (κ3) is 1.74. The molecule has 1 aromatic rings. The highest BCUT2D eigenvalue weighted by Crippen LogP contribution is 2.45. The second-order valence-electron chi connectivity index (χ2n) is 4.49. The minimum Gasteiger partial charge on any atom is -0.362 e. The molecule has 0 bridgehead atoms. The number of nitrogens with one attached hydrogen (secondary N) is 2. The average Bonchev–Trinajstić information content (AvgIpc) is 2.20. The Morgan fingerprint density at radius 2 is 2.40 bits per heavy atom. The molecule has 1 saturated carbocycles. The van der Waals surface area contributed by atoms with Gasteiger partial charge in [-0.05, 0) is 6.42 Å². The molecular weight excluding hydrogens is 214 g/mol. The normalized spacial score (nSPS) is 28.2. The second-order valence-corrected chi connectivity index (χ2v) is 5.02. The van der Waals surface area contributed by atoms with Crippen molar-refractivity contribution in [2.75, 3.05) is 5.32 Å². The van der Waals surface area contributed by atoms with E-state index in [1.807, 2.05) is 0 Å². The number of halogens is 1. The molecule has 0 aliphatic heterocycles. The minimum absolute atomic E-state index is 0.00547. The van der Waals surface area contributed by atoms with Crippen LogP contribution in [0.2, 0.25) is 0 Å². The van der Waals surface area contributed by atoms with E-state index in [1.165, 1.54) is 6.20 Å². The molecule has 0 radical (unpaired) electrons. The predicted molar refractivity (Wildman–Crippen MR) is 60.3 cm³/mol. The summed E-state index contributed by atoms with van der Waals surface area (Å²) in [5.41, 5.74) is -0.183. The van der Waals surface area contributed by atoms with Crippen LogP contribution in [0.3, 0.4) is 0 Å². The summed E-state index contributed by atoms with van der Waals surface area (Å²) in [5, 5.41) is 3.29. The highest BCUT2D eigenvalue weighted by Gasteiger charge is 2.47. The van der Waals surface area contributed by atoms with Gasteiger partial charge in [-0.2, -0.15) is 0 Å². The Kier molecular flexibility index (Phi) is 2.46. The summed E-state index contributed by atoms with van der Waals surface area (Å²) in [4.78, 5) is 17.9. The van der Waals surface area contributed by atoms with Crippen LogP contribution in [0, 0.1) is 5.41 Å². The summed E-state index contributed by atoms with van der Waals surface area (Å²) in [7, 11) is 0. The van der Waals surface area contributed by atoms with Gasteiger partial charge in [0.2, 0.25) is 0 Å². The third-order valence-electron chi connectivity index (χ3n) is 3.17. The number of rotatable bonds is 2. The smallest absolute Gasteiger partial charge is 0.290 e. The first-order valence-corrected chi connectivity index (χ1v) is 5.40. The van der Waals surface area contributed by atoms with Gasteiger partial charge in [0.1, 0.15) is 0 Å². The molecule has 2 atom stereocenters. The summed E-state index contributed by atoms with van der Waals surface area (Å²) < 4.78 is 0. The molecule has 1 heterocycles. The first-order valence-electron chi connectivity index (χ1n) is 4.96. The van der Waals surface area contributed by atoms with Crippen molar-refractivity contribution in [2.24, 2.45) is 5.41 Å².